The standard InChI is InChI=1S/C21H28Cl2N2O4.BH3O3/c1-13(2)10-18(21(28)29)25(20(27)16-12-15(22)8-9-17(16)23)24-19(26)11-14-6-4-3-5-7-14;2-1(3)4/h8-9,12-14,18H,3-7,10-11H2,1-2H3,(H,24,26)(H,28,29);2-4H/t18-;/m0./s1. The van der Waals surface area contributed by atoms with Crippen molar-refractivity contribution in [2.24, 2.45) is 11.8 Å². The Morgan fingerprint density at radius 2 is 1.70 bits per heavy atom. The zero-order chi connectivity index (χ0) is 25.1. The fourth-order valence-electron chi connectivity index (χ4n) is 3.66. The average molecular weight is 505 g/mol. The Hall–Kier alpha value is -1.85. The molecular weight excluding hydrogens is 474 g/mol. The first-order valence-electron chi connectivity index (χ1n) is 10.8. The molecule has 0 heterocycles. The first-order chi connectivity index (χ1) is 15.4. The largest absolute Gasteiger partial charge is 0.631 e. The number of carboxylic acids is 1. The van der Waals surface area contributed by atoms with Crippen LogP contribution in [0.4, 0.5) is 0 Å². The van der Waals surface area contributed by atoms with E-state index in [-0.39, 0.29) is 41.2 Å². The molecule has 2 rings (SSSR count). The van der Waals surface area contributed by atoms with Crippen LogP contribution in [-0.4, -0.2) is 56.3 Å². The molecule has 0 aliphatic heterocycles. The monoisotopic (exact) mass is 504 g/mol. The second kappa shape index (κ2) is 14.4. The summed E-state index contributed by atoms with van der Waals surface area (Å²) in [5, 5.41) is 32.6. The number of carbonyl (C=O) groups excluding carboxylic acids is 2. The Kier molecular flexibility index (Phi) is 12.8. The highest BCUT2D eigenvalue weighted by atomic mass is 35.5. The number of hydrogen-bond donors (Lipinski definition) is 5. The lowest BCUT2D eigenvalue weighted by Crippen LogP contribution is -2.55. The van der Waals surface area contributed by atoms with Gasteiger partial charge < -0.3 is 20.2 Å². The highest BCUT2D eigenvalue weighted by Gasteiger charge is 2.34. The molecule has 1 atom stereocenters. The molecule has 1 saturated carbocycles. The van der Waals surface area contributed by atoms with Crippen molar-refractivity contribution in [1.29, 1.82) is 0 Å². The zero-order valence-electron chi connectivity index (χ0n) is 18.7. The number of nitrogens with one attached hydrogen (secondary N) is 1. The van der Waals surface area contributed by atoms with Crippen molar-refractivity contribution >= 4 is 48.3 Å². The quantitative estimate of drug-likeness (QED) is 0.283. The van der Waals surface area contributed by atoms with Crippen molar-refractivity contribution in [2.75, 3.05) is 0 Å². The van der Waals surface area contributed by atoms with Crippen LogP contribution in [0, 0.1) is 11.8 Å². The average Bonchev–Trinajstić information content (AvgIpc) is 2.72. The molecule has 1 aromatic carbocycles. The van der Waals surface area contributed by atoms with E-state index in [1.54, 1.807) is 0 Å². The van der Waals surface area contributed by atoms with Crippen LogP contribution in [0.2, 0.25) is 10.0 Å². The van der Waals surface area contributed by atoms with E-state index in [1.165, 1.54) is 24.6 Å². The molecule has 0 aromatic heterocycles. The highest BCUT2D eigenvalue weighted by molar-refractivity contribution is 6.35. The molecule has 1 aliphatic rings. The zero-order valence-corrected chi connectivity index (χ0v) is 20.2. The number of halogens is 2. The third kappa shape index (κ3) is 10.8. The second-order valence-corrected chi connectivity index (χ2v) is 9.22. The molecule has 2 amide bonds. The van der Waals surface area contributed by atoms with E-state index >= 15 is 0 Å². The number of aliphatic carboxylic acids is 1. The molecule has 0 saturated heterocycles. The number of carboxylic acid groups (broad SMARTS) is 1. The minimum Gasteiger partial charge on any atom is -0.480 e. The lowest BCUT2D eigenvalue weighted by atomic mass is 9.87. The SMILES string of the molecule is CC(C)C[C@@H](C(=O)O)N(NC(=O)CC1CCCCC1)C(=O)c1cc(Cl)ccc1Cl.OB(O)O. The van der Waals surface area contributed by atoms with Crippen LogP contribution in [0.1, 0.15) is 69.2 Å². The van der Waals surface area contributed by atoms with Gasteiger partial charge in [0.15, 0.2) is 6.04 Å². The van der Waals surface area contributed by atoms with E-state index in [9.17, 15) is 19.5 Å². The normalized spacial score (nSPS) is 14.7. The molecule has 33 heavy (non-hydrogen) atoms. The number of hydrazine groups is 1. The molecule has 0 unspecified atom stereocenters. The molecule has 0 radical (unpaired) electrons. The molecule has 5 N–H and O–H groups in total. The van der Waals surface area contributed by atoms with Gasteiger partial charge in [0.05, 0.1) is 10.6 Å². The van der Waals surface area contributed by atoms with E-state index in [0.717, 1.165) is 30.7 Å². The van der Waals surface area contributed by atoms with Gasteiger partial charge in [-0.3, -0.25) is 15.0 Å². The van der Waals surface area contributed by atoms with E-state index < -0.39 is 25.2 Å². The van der Waals surface area contributed by atoms with Crippen molar-refractivity contribution in [3.05, 3.63) is 33.8 Å². The van der Waals surface area contributed by atoms with Crippen molar-refractivity contribution in [1.82, 2.24) is 10.4 Å². The lowest BCUT2D eigenvalue weighted by molar-refractivity contribution is -0.145. The van der Waals surface area contributed by atoms with Crippen molar-refractivity contribution in [3.8, 4) is 0 Å². The number of nitrogens with zero attached hydrogens (tertiary/aromatic N) is 1. The van der Waals surface area contributed by atoms with Gasteiger partial charge in [-0.25, -0.2) is 9.80 Å². The molecular formula is C21H31BCl2N2O7. The fourth-order valence-corrected chi connectivity index (χ4v) is 4.03. The molecule has 0 spiro atoms. The van der Waals surface area contributed by atoms with Crippen LogP contribution in [0.3, 0.4) is 0 Å². The van der Waals surface area contributed by atoms with E-state index in [0.29, 0.717) is 5.02 Å². The van der Waals surface area contributed by atoms with E-state index in [1.807, 2.05) is 13.8 Å². The van der Waals surface area contributed by atoms with Crippen molar-refractivity contribution in [2.45, 2.75) is 64.8 Å². The Balaban J connectivity index is 0.00000125. The number of rotatable bonds is 7. The Labute approximate surface area is 203 Å². The first kappa shape index (κ1) is 29.2. The predicted octanol–water partition coefficient (Wildman–Crippen LogP) is 2.88. The summed E-state index contributed by atoms with van der Waals surface area (Å²) in [5.41, 5.74) is 2.61. The van der Waals surface area contributed by atoms with Gasteiger partial charge in [-0.2, -0.15) is 0 Å². The van der Waals surface area contributed by atoms with Crippen LogP contribution < -0.4 is 5.43 Å². The van der Waals surface area contributed by atoms with Crippen LogP contribution in [0.15, 0.2) is 18.2 Å². The van der Waals surface area contributed by atoms with Crippen LogP contribution in [-0.2, 0) is 9.59 Å². The summed E-state index contributed by atoms with van der Waals surface area (Å²) in [6.07, 6.45) is 5.73. The van der Waals surface area contributed by atoms with Gasteiger partial charge in [0.25, 0.3) is 5.91 Å². The maximum Gasteiger partial charge on any atom is 0.631 e. The lowest BCUT2D eigenvalue weighted by Gasteiger charge is -2.31. The van der Waals surface area contributed by atoms with Gasteiger partial charge in [-0.05, 0) is 49.3 Å². The predicted molar refractivity (Wildman–Crippen MR) is 125 cm³/mol. The van der Waals surface area contributed by atoms with Gasteiger partial charge in [0.1, 0.15) is 0 Å². The molecule has 12 heteroatoms. The first-order valence-corrected chi connectivity index (χ1v) is 11.5. The molecule has 9 nitrogen and oxygen atoms in total. The Bertz CT molecular complexity index is 802. The van der Waals surface area contributed by atoms with Crippen LogP contribution in [0.25, 0.3) is 0 Å². The van der Waals surface area contributed by atoms with Gasteiger partial charge in [-0.1, -0.05) is 56.3 Å². The summed E-state index contributed by atoms with van der Waals surface area (Å²) in [6.45, 7) is 3.71. The molecule has 1 aromatic rings. The minimum atomic E-state index is -2.17. The summed E-state index contributed by atoms with van der Waals surface area (Å²) in [6, 6.07) is 3.17. The van der Waals surface area contributed by atoms with E-state index in [2.05, 4.69) is 5.43 Å². The summed E-state index contributed by atoms with van der Waals surface area (Å²) in [5.74, 6) is -2.00. The minimum absolute atomic E-state index is 0.00326. The number of benzene rings is 1. The third-order valence-electron chi connectivity index (χ3n) is 5.11. The van der Waals surface area contributed by atoms with Gasteiger partial charge in [-0.15, -0.1) is 0 Å². The summed E-state index contributed by atoms with van der Waals surface area (Å²) >= 11 is 12.1. The van der Waals surface area contributed by atoms with Gasteiger partial charge in [0.2, 0.25) is 5.91 Å². The maximum atomic E-state index is 13.2. The van der Waals surface area contributed by atoms with Crippen molar-refractivity contribution in [3.63, 3.8) is 0 Å². The topological polar surface area (TPSA) is 147 Å². The Morgan fingerprint density at radius 3 is 2.21 bits per heavy atom. The number of hydrogen-bond acceptors (Lipinski definition) is 6. The van der Waals surface area contributed by atoms with Gasteiger partial charge >= 0.3 is 13.3 Å². The highest BCUT2D eigenvalue weighted by Crippen LogP contribution is 2.27. The second-order valence-electron chi connectivity index (χ2n) is 8.37. The summed E-state index contributed by atoms with van der Waals surface area (Å²) in [7, 11) is -2.17. The van der Waals surface area contributed by atoms with E-state index in [4.69, 9.17) is 38.3 Å². The van der Waals surface area contributed by atoms with Gasteiger partial charge in [0, 0.05) is 11.4 Å². The molecule has 1 aliphatic carbocycles. The van der Waals surface area contributed by atoms with Crippen molar-refractivity contribution < 1.29 is 34.6 Å². The summed E-state index contributed by atoms with van der Waals surface area (Å²) in [4.78, 5) is 37.8. The molecule has 184 valence electrons. The van der Waals surface area contributed by atoms with Crippen LogP contribution >= 0.6 is 23.2 Å². The fraction of sp³-hybridized carbons (Fsp3) is 0.571. The number of carbonyl (C=O) groups is 3. The maximum absolute atomic E-state index is 13.2. The Morgan fingerprint density at radius 1 is 1.12 bits per heavy atom. The van der Waals surface area contributed by atoms with Crippen LogP contribution in [0.5, 0.6) is 0 Å². The third-order valence-corrected chi connectivity index (χ3v) is 5.68. The molecule has 1 fully saturated rings. The molecule has 0 bridgehead atoms. The summed E-state index contributed by atoms with van der Waals surface area (Å²) < 4.78 is 0. The number of amides is 2. The smallest absolute Gasteiger partial charge is 0.480 e.